The zero-order valence-electron chi connectivity index (χ0n) is 19.6. The van der Waals surface area contributed by atoms with Crippen molar-refractivity contribution in [1.82, 2.24) is 9.62 Å². The monoisotopic (exact) mass is 448 g/mol. The number of nitrogens with one attached hydrogen (secondary N) is 1. The quantitative estimate of drug-likeness (QED) is 0.615. The van der Waals surface area contributed by atoms with E-state index in [-0.39, 0.29) is 10.5 Å². The third kappa shape index (κ3) is 8.26. The van der Waals surface area contributed by atoms with Crippen LogP contribution in [0.3, 0.4) is 0 Å². The molecule has 1 heterocycles. The Bertz CT molecular complexity index is 902. The first-order chi connectivity index (χ1) is 14.3. The van der Waals surface area contributed by atoms with Crippen molar-refractivity contribution >= 4 is 21.8 Å². The summed E-state index contributed by atoms with van der Waals surface area (Å²) >= 11 is 0. The second-order valence-electron chi connectivity index (χ2n) is 9.70. The van der Waals surface area contributed by atoms with Gasteiger partial charge in [-0.1, -0.05) is 12.1 Å². The van der Waals surface area contributed by atoms with Gasteiger partial charge in [-0.25, -0.2) is 13.1 Å². The van der Waals surface area contributed by atoms with Crippen LogP contribution in [0.25, 0.3) is 6.08 Å². The summed E-state index contributed by atoms with van der Waals surface area (Å²) in [6.45, 7) is 13.8. The van der Waals surface area contributed by atoms with Crippen molar-refractivity contribution in [1.29, 1.82) is 5.26 Å². The predicted molar refractivity (Wildman–Crippen MR) is 126 cm³/mol. The number of benzene rings is 1. The van der Waals surface area contributed by atoms with Crippen molar-refractivity contribution in [3.63, 3.8) is 0 Å². The van der Waals surface area contributed by atoms with Gasteiger partial charge in [0.1, 0.15) is 6.07 Å². The van der Waals surface area contributed by atoms with Crippen molar-refractivity contribution in [3.05, 3.63) is 34.7 Å². The van der Waals surface area contributed by atoms with Crippen LogP contribution in [0.2, 0.25) is 0 Å². The standard InChI is InChI=1S/C23H36N4O3S/c1-22(2,3)30-16-11-23(4,5)25-31(28,29)21(18-24)17-19-7-9-20(10-8-19)27-14-12-26(6)13-15-27/h7-10,17,25H,11-16H2,1-6H3. The molecular weight excluding hydrogens is 412 g/mol. The number of anilines is 1. The number of likely N-dealkylation sites (N-methyl/N-ethyl adjacent to an activating group) is 1. The summed E-state index contributed by atoms with van der Waals surface area (Å²) in [6.07, 6.45) is 1.90. The van der Waals surface area contributed by atoms with Crippen molar-refractivity contribution in [3.8, 4) is 6.07 Å². The molecule has 1 aromatic rings. The predicted octanol–water partition coefficient (Wildman–Crippen LogP) is 3.21. The van der Waals surface area contributed by atoms with Gasteiger partial charge in [0, 0.05) is 44.0 Å². The van der Waals surface area contributed by atoms with Crippen LogP contribution in [0.15, 0.2) is 29.2 Å². The van der Waals surface area contributed by atoms with Gasteiger partial charge in [-0.15, -0.1) is 0 Å². The fourth-order valence-corrected chi connectivity index (χ4v) is 4.60. The molecule has 31 heavy (non-hydrogen) atoms. The lowest BCUT2D eigenvalue weighted by molar-refractivity contribution is -0.0102. The Labute approximate surface area is 187 Å². The number of piperazine rings is 1. The number of nitriles is 1. The smallest absolute Gasteiger partial charge is 0.251 e. The molecule has 1 aromatic carbocycles. The average molecular weight is 449 g/mol. The first-order valence-electron chi connectivity index (χ1n) is 10.6. The Morgan fingerprint density at radius 1 is 1.13 bits per heavy atom. The van der Waals surface area contributed by atoms with Gasteiger partial charge in [-0.2, -0.15) is 5.26 Å². The van der Waals surface area contributed by atoms with Crippen LogP contribution in [0.1, 0.15) is 46.6 Å². The van der Waals surface area contributed by atoms with Crippen LogP contribution < -0.4 is 9.62 Å². The van der Waals surface area contributed by atoms with E-state index in [2.05, 4.69) is 21.6 Å². The molecule has 1 fully saturated rings. The van der Waals surface area contributed by atoms with Crippen LogP contribution >= 0.6 is 0 Å². The van der Waals surface area contributed by atoms with E-state index in [1.807, 2.05) is 51.1 Å². The first kappa shape index (κ1) is 25.3. The van der Waals surface area contributed by atoms with Gasteiger partial charge in [0.25, 0.3) is 10.0 Å². The van der Waals surface area contributed by atoms with Crippen LogP contribution in [0, 0.1) is 11.3 Å². The highest BCUT2D eigenvalue weighted by atomic mass is 32.2. The molecule has 1 aliphatic rings. The molecule has 0 atom stereocenters. The molecule has 0 aromatic heterocycles. The molecule has 0 aliphatic carbocycles. The fraction of sp³-hybridized carbons (Fsp3) is 0.609. The van der Waals surface area contributed by atoms with Crippen molar-refractivity contribution in [2.45, 2.75) is 52.2 Å². The largest absolute Gasteiger partial charge is 0.376 e. The Morgan fingerprint density at radius 3 is 2.23 bits per heavy atom. The number of nitrogens with zero attached hydrogens (tertiary/aromatic N) is 3. The van der Waals surface area contributed by atoms with E-state index in [0.717, 1.165) is 31.9 Å². The molecule has 0 radical (unpaired) electrons. The topological polar surface area (TPSA) is 85.7 Å². The summed E-state index contributed by atoms with van der Waals surface area (Å²) in [7, 11) is -1.84. The maximum absolute atomic E-state index is 12.8. The minimum Gasteiger partial charge on any atom is -0.376 e. The first-order valence-corrected chi connectivity index (χ1v) is 12.1. The van der Waals surface area contributed by atoms with Crippen LogP contribution in [0.4, 0.5) is 5.69 Å². The second-order valence-corrected chi connectivity index (χ2v) is 11.4. The Balaban J connectivity index is 2.08. The maximum atomic E-state index is 12.8. The van der Waals surface area contributed by atoms with E-state index < -0.39 is 15.6 Å². The number of hydrogen-bond acceptors (Lipinski definition) is 6. The van der Waals surface area contributed by atoms with E-state index in [1.54, 1.807) is 13.8 Å². The zero-order valence-corrected chi connectivity index (χ0v) is 20.4. The number of rotatable bonds is 8. The van der Waals surface area contributed by atoms with Crippen LogP contribution in [-0.2, 0) is 14.8 Å². The molecule has 0 bridgehead atoms. The molecule has 7 nitrogen and oxygen atoms in total. The van der Waals surface area contributed by atoms with Crippen molar-refractivity contribution in [2.75, 3.05) is 44.7 Å². The normalized spacial score (nSPS) is 16.9. The Hall–Kier alpha value is -1.92. The molecule has 8 heteroatoms. The highest BCUT2D eigenvalue weighted by molar-refractivity contribution is 7.93. The zero-order chi connectivity index (χ0) is 23.3. The Morgan fingerprint density at radius 2 is 1.71 bits per heavy atom. The molecule has 172 valence electrons. The molecule has 1 N–H and O–H groups in total. The van der Waals surface area contributed by atoms with E-state index in [1.165, 1.54) is 6.08 Å². The summed E-state index contributed by atoms with van der Waals surface area (Å²) < 4.78 is 34.0. The summed E-state index contributed by atoms with van der Waals surface area (Å²) in [5.41, 5.74) is 0.743. The molecule has 0 amide bonds. The summed E-state index contributed by atoms with van der Waals surface area (Å²) in [4.78, 5) is 4.30. The summed E-state index contributed by atoms with van der Waals surface area (Å²) in [5, 5.41) is 9.51. The number of allylic oxidation sites excluding steroid dienone is 1. The second kappa shape index (κ2) is 10.1. The molecular formula is C23H36N4O3S. The molecule has 2 rings (SSSR count). The van der Waals surface area contributed by atoms with Gasteiger partial charge in [-0.3, -0.25) is 0 Å². The SMILES string of the molecule is CN1CCN(c2ccc(C=C(C#N)S(=O)(=O)NC(C)(C)CCOC(C)(C)C)cc2)CC1. The van der Waals surface area contributed by atoms with Gasteiger partial charge in [0.15, 0.2) is 4.91 Å². The van der Waals surface area contributed by atoms with Gasteiger partial charge < -0.3 is 14.5 Å². The Kier molecular flexibility index (Phi) is 8.28. The number of ether oxygens (including phenoxy) is 1. The third-order valence-electron chi connectivity index (χ3n) is 5.13. The van der Waals surface area contributed by atoms with Crippen LogP contribution in [0.5, 0.6) is 0 Å². The minimum absolute atomic E-state index is 0.289. The molecule has 0 unspecified atom stereocenters. The number of sulfonamides is 1. The number of hydrogen-bond donors (Lipinski definition) is 1. The molecule has 0 spiro atoms. The van der Waals surface area contributed by atoms with E-state index in [4.69, 9.17) is 4.74 Å². The summed E-state index contributed by atoms with van der Waals surface area (Å²) in [6, 6.07) is 9.48. The highest BCUT2D eigenvalue weighted by Crippen LogP contribution is 2.21. The highest BCUT2D eigenvalue weighted by Gasteiger charge is 2.28. The lowest BCUT2D eigenvalue weighted by Gasteiger charge is -2.34. The fourth-order valence-electron chi connectivity index (χ4n) is 3.25. The average Bonchev–Trinajstić information content (AvgIpc) is 2.65. The lowest BCUT2D eigenvalue weighted by atomic mass is 10.0. The molecule has 1 saturated heterocycles. The molecule has 0 saturated carbocycles. The van der Waals surface area contributed by atoms with Gasteiger partial charge in [0.2, 0.25) is 0 Å². The third-order valence-corrected chi connectivity index (χ3v) is 6.74. The van der Waals surface area contributed by atoms with Crippen molar-refractivity contribution in [2.24, 2.45) is 0 Å². The van der Waals surface area contributed by atoms with E-state index >= 15 is 0 Å². The summed E-state index contributed by atoms with van der Waals surface area (Å²) in [5.74, 6) is 0. The van der Waals surface area contributed by atoms with Gasteiger partial charge in [-0.05, 0) is 71.9 Å². The minimum atomic E-state index is -3.95. The van der Waals surface area contributed by atoms with E-state index in [9.17, 15) is 13.7 Å². The van der Waals surface area contributed by atoms with Crippen LogP contribution in [-0.4, -0.2) is 64.3 Å². The lowest BCUT2D eigenvalue weighted by Crippen LogP contribution is -2.44. The van der Waals surface area contributed by atoms with Gasteiger partial charge in [0.05, 0.1) is 5.60 Å². The van der Waals surface area contributed by atoms with E-state index in [0.29, 0.717) is 18.6 Å². The van der Waals surface area contributed by atoms with Gasteiger partial charge >= 0.3 is 0 Å². The maximum Gasteiger partial charge on any atom is 0.251 e. The van der Waals surface area contributed by atoms with Crippen molar-refractivity contribution < 1.29 is 13.2 Å². The molecule has 1 aliphatic heterocycles.